The molecule has 0 bridgehead atoms. The summed E-state index contributed by atoms with van der Waals surface area (Å²) in [6, 6.07) is 13.4. The van der Waals surface area contributed by atoms with Gasteiger partial charge in [-0.15, -0.1) is 0 Å². The Balaban J connectivity index is 2.03. The van der Waals surface area contributed by atoms with Crippen LogP contribution >= 0.6 is 27.5 Å². The van der Waals surface area contributed by atoms with Crippen LogP contribution in [0.25, 0.3) is 11.1 Å². The van der Waals surface area contributed by atoms with Crippen molar-refractivity contribution in [1.82, 2.24) is 0 Å². The van der Waals surface area contributed by atoms with Gasteiger partial charge in [-0.25, -0.2) is 0 Å². The van der Waals surface area contributed by atoms with Crippen LogP contribution in [0.3, 0.4) is 0 Å². The Hall–Kier alpha value is -0.790. The lowest BCUT2D eigenvalue weighted by Crippen LogP contribution is -2.25. The Morgan fingerprint density at radius 2 is 1.30 bits per heavy atom. The van der Waals surface area contributed by atoms with Crippen molar-refractivity contribution in [2.24, 2.45) is 0 Å². The van der Waals surface area contributed by atoms with Crippen molar-refractivity contribution < 1.29 is 0 Å². The molecule has 0 N–H and O–H groups in total. The zero-order chi connectivity index (χ0) is 19.3. The van der Waals surface area contributed by atoms with Gasteiger partial charge < -0.3 is 0 Å². The molecule has 0 amide bonds. The van der Waals surface area contributed by atoms with Gasteiger partial charge in [0.1, 0.15) is 0 Å². The topological polar surface area (TPSA) is 0 Å². The van der Waals surface area contributed by atoms with Crippen molar-refractivity contribution in [1.29, 1.82) is 0 Å². The minimum absolute atomic E-state index is 0.126. The lowest BCUT2D eigenvalue weighted by atomic mass is 9.70. The quantitative estimate of drug-likeness (QED) is 0.318. The molecule has 1 aliphatic rings. The van der Waals surface area contributed by atoms with Gasteiger partial charge in [-0.1, -0.05) is 105 Å². The minimum Gasteiger partial charge on any atom is -0.0843 e. The maximum Gasteiger partial charge on any atom is 0.0409 e. The predicted molar refractivity (Wildman–Crippen MR) is 123 cm³/mol. The molecule has 0 spiro atoms. The fraction of sp³-hybridized carbons (Fsp3) is 0.520. The fourth-order valence-electron chi connectivity index (χ4n) is 4.81. The van der Waals surface area contributed by atoms with E-state index in [0.29, 0.717) is 0 Å². The van der Waals surface area contributed by atoms with E-state index in [4.69, 9.17) is 11.6 Å². The van der Waals surface area contributed by atoms with Crippen LogP contribution in [-0.4, -0.2) is 0 Å². The van der Waals surface area contributed by atoms with Crippen LogP contribution in [0.15, 0.2) is 40.9 Å². The number of rotatable bonds is 10. The van der Waals surface area contributed by atoms with Gasteiger partial charge in [-0.05, 0) is 59.4 Å². The van der Waals surface area contributed by atoms with Crippen LogP contribution in [0.5, 0.6) is 0 Å². The molecule has 0 aliphatic heterocycles. The van der Waals surface area contributed by atoms with Crippen LogP contribution in [0.2, 0.25) is 5.02 Å². The van der Waals surface area contributed by atoms with E-state index in [2.05, 4.69) is 66.2 Å². The standard InChI is InChI=1S/C25H32BrCl/c1-3-5-7-9-15-25(16-10-8-6-4-2)23-17-19(26)11-13-21(23)22-14-12-20(27)18-24(22)25/h11-14,17-18H,3-10,15-16H2,1-2H3. The Labute approximate surface area is 178 Å². The molecule has 2 aromatic carbocycles. The van der Waals surface area contributed by atoms with Crippen molar-refractivity contribution in [3.63, 3.8) is 0 Å². The van der Waals surface area contributed by atoms with Crippen molar-refractivity contribution in [3.8, 4) is 11.1 Å². The summed E-state index contributed by atoms with van der Waals surface area (Å²) in [4.78, 5) is 0. The third-order valence-electron chi connectivity index (χ3n) is 6.20. The Kier molecular flexibility index (Phi) is 7.45. The van der Waals surface area contributed by atoms with Crippen LogP contribution in [0.1, 0.15) is 89.2 Å². The van der Waals surface area contributed by atoms with Gasteiger partial charge in [0.05, 0.1) is 0 Å². The summed E-state index contributed by atoms with van der Waals surface area (Å²) in [5.41, 5.74) is 5.92. The summed E-state index contributed by atoms with van der Waals surface area (Å²) >= 11 is 10.2. The molecule has 27 heavy (non-hydrogen) atoms. The first kappa shape index (κ1) is 20.9. The molecule has 1 aliphatic carbocycles. The molecule has 0 heterocycles. The second-order valence-electron chi connectivity index (χ2n) is 8.08. The summed E-state index contributed by atoms with van der Waals surface area (Å²) in [5.74, 6) is 0. The molecule has 0 radical (unpaired) electrons. The third-order valence-corrected chi connectivity index (χ3v) is 6.93. The van der Waals surface area contributed by atoms with Crippen LogP contribution in [-0.2, 0) is 5.41 Å². The number of hydrogen-bond acceptors (Lipinski definition) is 0. The van der Waals surface area contributed by atoms with E-state index >= 15 is 0 Å². The number of halogens is 2. The lowest BCUT2D eigenvalue weighted by Gasteiger charge is -2.33. The van der Waals surface area contributed by atoms with E-state index in [1.54, 1.807) is 0 Å². The van der Waals surface area contributed by atoms with Gasteiger partial charge in [0, 0.05) is 14.9 Å². The molecule has 0 nitrogen and oxygen atoms in total. The van der Waals surface area contributed by atoms with Crippen molar-refractivity contribution in [2.75, 3.05) is 0 Å². The number of unbranched alkanes of at least 4 members (excludes halogenated alkanes) is 6. The average molecular weight is 448 g/mol. The minimum atomic E-state index is 0.126. The first-order chi connectivity index (χ1) is 13.1. The van der Waals surface area contributed by atoms with Crippen LogP contribution in [0.4, 0.5) is 0 Å². The van der Waals surface area contributed by atoms with Gasteiger partial charge >= 0.3 is 0 Å². The molecule has 0 fully saturated rings. The Bertz CT molecular complexity index is 699. The zero-order valence-corrected chi connectivity index (χ0v) is 19.1. The van der Waals surface area contributed by atoms with Gasteiger partial charge in [-0.2, -0.15) is 0 Å². The van der Waals surface area contributed by atoms with Crippen molar-refractivity contribution in [3.05, 3.63) is 57.0 Å². The smallest absolute Gasteiger partial charge is 0.0409 e. The lowest BCUT2D eigenvalue weighted by molar-refractivity contribution is 0.401. The molecular weight excluding hydrogens is 416 g/mol. The van der Waals surface area contributed by atoms with E-state index in [9.17, 15) is 0 Å². The fourth-order valence-corrected chi connectivity index (χ4v) is 5.34. The van der Waals surface area contributed by atoms with E-state index in [1.165, 1.54) is 90.9 Å². The SMILES string of the molecule is CCCCCCC1(CCCCCC)c2cc(Cl)ccc2-c2ccc(Br)cc21. The van der Waals surface area contributed by atoms with Gasteiger partial charge in [-0.3, -0.25) is 0 Å². The summed E-state index contributed by atoms with van der Waals surface area (Å²) < 4.78 is 1.19. The summed E-state index contributed by atoms with van der Waals surface area (Å²) in [5, 5.41) is 0.868. The number of hydrogen-bond donors (Lipinski definition) is 0. The van der Waals surface area contributed by atoms with Gasteiger partial charge in [0.25, 0.3) is 0 Å². The monoisotopic (exact) mass is 446 g/mol. The van der Waals surface area contributed by atoms with Crippen LogP contribution < -0.4 is 0 Å². The van der Waals surface area contributed by atoms with Crippen LogP contribution in [0, 0.1) is 0 Å². The second kappa shape index (κ2) is 9.61. The highest BCUT2D eigenvalue weighted by Crippen LogP contribution is 2.55. The average Bonchev–Trinajstić information content (AvgIpc) is 2.92. The molecule has 0 unspecified atom stereocenters. The summed E-state index contributed by atoms with van der Waals surface area (Å²) in [6.07, 6.45) is 12.9. The molecule has 0 saturated heterocycles. The van der Waals surface area contributed by atoms with E-state index in [-0.39, 0.29) is 5.41 Å². The van der Waals surface area contributed by atoms with E-state index < -0.39 is 0 Å². The highest BCUT2D eigenvalue weighted by Gasteiger charge is 2.42. The molecule has 2 aromatic rings. The largest absolute Gasteiger partial charge is 0.0843 e. The van der Waals surface area contributed by atoms with Gasteiger partial charge in [0.15, 0.2) is 0 Å². The highest BCUT2D eigenvalue weighted by molar-refractivity contribution is 9.10. The highest BCUT2D eigenvalue weighted by atomic mass is 79.9. The maximum atomic E-state index is 6.48. The molecule has 146 valence electrons. The number of fused-ring (bicyclic) bond motifs is 3. The molecule has 0 aromatic heterocycles. The molecule has 0 saturated carbocycles. The second-order valence-corrected chi connectivity index (χ2v) is 9.44. The molecule has 0 atom stereocenters. The molecular formula is C25H32BrCl. The Morgan fingerprint density at radius 1 is 0.741 bits per heavy atom. The summed E-state index contributed by atoms with van der Waals surface area (Å²) in [7, 11) is 0. The zero-order valence-electron chi connectivity index (χ0n) is 16.8. The molecule has 3 rings (SSSR count). The maximum absolute atomic E-state index is 6.48. The van der Waals surface area contributed by atoms with Crippen molar-refractivity contribution in [2.45, 2.75) is 83.5 Å². The van der Waals surface area contributed by atoms with E-state index in [0.717, 1.165) is 5.02 Å². The first-order valence-electron chi connectivity index (χ1n) is 10.7. The number of benzene rings is 2. The predicted octanol–water partition coefficient (Wildman–Crippen LogP) is 9.31. The first-order valence-corrected chi connectivity index (χ1v) is 11.9. The third kappa shape index (κ3) is 4.46. The van der Waals surface area contributed by atoms with E-state index in [1.807, 2.05) is 0 Å². The Morgan fingerprint density at radius 3 is 1.89 bits per heavy atom. The van der Waals surface area contributed by atoms with Gasteiger partial charge in [0.2, 0.25) is 0 Å². The molecule has 2 heteroatoms. The summed E-state index contributed by atoms with van der Waals surface area (Å²) in [6.45, 7) is 4.58. The normalized spacial score (nSPS) is 14.2. The van der Waals surface area contributed by atoms with Crippen molar-refractivity contribution >= 4 is 27.5 Å².